The average Bonchev–Trinajstić information content (AvgIpc) is 2.97. The number of aliphatic imine (C=N–C) groups is 1. The first-order valence-corrected chi connectivity index (χ1v) is 8.30. The van der Waals surface area contributed by atoms with E-state index in [-0.39, 0.29) is 45.9 Å². The Morgan fingerprint density at radius 1 is 1.08 bits per heavy atom. The second-order valence-corrected chi connectivity index (χ2v) is 6.32. The summed E-state index contributed by atoms with van der Waals surface area (Å²) in [6.45, 7) is -0.353. The summed E-state index contributed by atoms with van der Waals surface area (Å²) in [6, 6.07) is 6.72. The van der Waals surface area contributed by atoms with Crippen molar-refractivity contribution < 1.29 is 13.9 Å². The maximum atomic E-state index is 14.4. The molecule has 0 saturated carbocycles. The molecule has 0 saturated heterocycles. The lowest BCUT2D eigenvalue weighted by atomic mass is 9.99. The summed E-state index contributed by atoms with van der Waals surface area (Å²) in [5.41, 5.74) is 0.392. The molecule has 0 spiro atoms. The highest BCUT2D eigenvalue weighted by Gasteiger charge is 2.28. The Balaban J connectivity index is 2.06. The fourth-order valence-corrected chi connectivity index (χ4v) is 3.26. The van der Waals surface area contributed by atoms with Gasteiger partial charge in [0, 0.05) is 5.56 Å². The van der Waals surface area contributed by atoms with E-state index < -0.39 is 11.6 Å². The van der Waals surface area contributed by atoms with E-state index in [9.17, 15) is 13.9 Å². The molecule has 1 aliphatic rings. The van der Waals surface area contributed by atoms with Crippen LogP contribution in [0.15, 0.2) is 35.3 Å². The van der Waals surface area contributed by atoms with Crippen molar-refractivity contribution in [2.75, 3.05) is 0 Å². The number of aliphatic hydroxyl groups is 1. The Hall–Kier alpha value is -2.35. The number of benzene rings is 2. The topological polar surface area (TPSA) is 63.3 Å². The molecule has 26 heavy (non-hydrogen) atoms. The van der Waals surface area contributed by atoms with Crippen LogP contribution in [0.4, 0.5) is 8.78 Å². The number of hydrogen-bond acceptors (Lipinski definition) is 4. The zero-order valence-corrected chi connectivity index (χ0v) is 14.6. The Morgan fingerprint density at radius 2 is 1.81 bits per heavy atom. The summed E-state index contributed by atoms with van der Waals surface area (Å²) in [7, 11) is 0. The molecule has 5 nitrogen and oxygen atoms in total. The van der Waals surface area contributed by atoms with Crippen LogP contribution in [0.25, 0.3) is 5.69 Å². The maximum Gasteiger partial charge on any atom is 0.176 e. The molecule has 132 valence electrons. The lowest BCUT2D eigenvalue weighted by molar-refractivity contribution is 0.271. The van der Waals surface area contributed by atoms with Crippen LogP contribution in [0, 0.1) is 11.6 Å². The van der Waals surface area contributed by atoms with Gasteiger partial charge < -0.3 is 5.11 Å². The predicted molar refractivity (Wildman–Crippen MR) is 93.0 cm³/mol. The maximum absolute atomic E-state index is 14.4. The summed E-state index contributed by atoms with van der Waals surface area (Å²) in [4.78, 5) is 8.52. The van der Waals surface area contributed by atoms with E-state index in [1.165, 1.54) is 10.7 Å². The van der Waals surface area contributed by atoms with Crippen LogP contribution >= 0.6 is 23.2 Å². The highest BCUT2D eigenvalue weighted by molar-refractivity contribution is 6.45. The molecule has 1 aromatic heterocycles. The molecule has 3 aromatic rings. The molecule has 0 fully saturated rings. The van der Waals surface area contributed by atoms with Gasteiger partial charge in [-0.2, -0.15) is 0 Å². The number of rotatable bonds is 2. The highest BCUT2D eigenvalue weighted by Crippen LogP contribution is 2.35. The molecular formula is C17H10Cl2F2N4O. The van der Waals surface area contributed by atoms with Gasteiger partial charge >= 0.3 is 0 Å². The van der Waals surface area contributed by atoms with Gasteiger partial charge in [0.2, 0.25) is 0 Å². The molecule has 1 aliphatic heterocycles. The molecule has 2 heterocycles. The number of aliphatic hydroxyl groups excluding tert-OH is 1. The number of fused-ring (bicyclic) bond motifs is 3. The Bertz CT molecular complexity index is 1040. The van der Waals surface area contributed by atoms with E-state index >= 15 is 0 Å². The van der Waals surface area contributed by atoms with Crippen LogP contribution in [-0.4, -0.2) is 25.6 Å². The lowest BCUT2D eigenvalue weighted by Gasteiger charge is -2.14. The van der Waals surface area contributed by atoms with Crippen LogP contribution in [0.2, 0.25) is 10.0 Å². The summed E-state index contributed by atoms with van der Waals surface area (Å²) in [6.07, 6.45) is 0. The number of aromatic nitrogens is 3. The minimum atomic E-state index is -0.769. The monoisotopic (exact) mass is 394 g/mol. The first kappa shape index (κ1) is 17.1. The van der Waals surface area contributed by atoms with Crippen molar-refractivity contribution >= 4 is 28.9 Å². The highest BCUT2D eigenvalue weighted by atomic mass is 35.5. The fraction of sp³-hybridized carbons (Fsp3) is 0.118. The molecule has 1 N–H and O–H groups in total. The number of halogens is 4. The third kappa shape index (κ3) is 2.59. The van der Waals surface area contributed by atoms with Gasteiger partial charge in [0.15, 0.2) is 11.6 Å². The largest absolute Gasteiger partial charge is 0.388 e. The van der Waals surface area contributed by atoms with Gasteiger partial charge in [-0.25, -0.2) is 18.4 Å². The van der Waals surface area contributed by atoms with Crippen LogP contribution in [0.3, 0.4) is 0 Å². The zero-order valence-electron chi connectivity index (χ0n) is 13.0. The Morgan fingerprint density at radius 3 is 2.50 bits per heavy atom. The number of hydrogen-bond donors (Lipinski definition) is 1. The molecule has 0 bridgehead atoms. The van der Waals surface area contributed by atoms with Gasteiger partial charge in [-0.15, -0.1) is 5.10 Å². The van der Waals surface area contributed by atoms with E-state index in [4.69, 9.17) is 23.2 Å². The number of nitrogens with zero attached hydrogens (tertiary/aromatic N) is 4. The molecule has 0 unspecified atom stereocenters. The first-order chi connectivity index (χ1) is 12.5. The molecule has 2 aromatic carbocycles. The fourth-order valence-electron chi connectivity index (χ4n) is 2.85. The molecule has 0 radical (unpaired) electrons. The van der Waals surface area contributed by atoms with E-state index in [0.29, 0.717) is 11.5 Å². The van der Waals surface area contributed by atoms with Gasteiger partial charge in [-0.3, -0.25) is 4.99 Å². The van der Waals surface area contributed by atoms with Crippen LogP contribution in [0.5, 0.6) is 0 Å². The van der Waals surface area contributed by atoms with Crippen molar-refractivity contribution in [1.82, 2.24) is 14.8 Å². The minimum Gasteiger partial charge on any atom is -0.388 e. The van der Waals surface area contributed by atoms with Crippen molar-refractivity contribution in [2.45, 2.75) is 13.2 Å². The molecular weight excluding hydrogens is 385 g/mol. The third-order valence-electron chi connectivity index (χ3n) is 3.98. The van der Waals surface area contributed by atoms with Crippen molar-refractivity contribution in [3.8, 4) is 5.69 Å². The average molecular weight is 395 g/mol. The molecule has 0 amide bonds. The van der Waals surface area contributed by atoms with Gasteiger partial charge in [0.25, 0.3) is 0 Å². The van der Waals surface area contributed by atoms with E-state index in [2.05, 4.69) is 15.1 Å². The lowest BCUT2D eigenvalue weighted by Crippen LogP contribution is -2.13. The molecule has 0 aliphatic carbocycles. The van der Waals surface area contributed by atoms with Crippen molar-refractivity contribution in [1.29, 1.82) is 0 Å². The molecule has 9 heteroatoms. The van der Waals surface area contributed by atoms with E-state index in [0.717, 1.165) is 12.1 Å². The summed E-state index contributed by atoms with van der Waals surface area (Å²) in [5, 5.41) is 13.8. The first-order valence-electron chi connectivity index (χ1n) is 7.54. The van der Waals surface area contributed by atoms with Gasteiger partial charge in [-0.05, 0) is 24.3 Å². The van der Waals surface area contributed by atoms with Crippen LogP contribution in [-0.2, 0) is 13.2 Å². The normalized spacial score (nSPS) is 13.0. The van der Waals surface area contributed by atoms with E-state index in [1.807, 2.05) is 0 Å². The van der Waals surface area contributed by atoms with Crippen molar-refractivity contribution in [3.63, 3.8) is 0 Å². The van der Waals surface area contributed by atoms with E-state index in [1.54, 1.807) is 12.1 Å². The standard InChI is InChI=1S/C17H10Cl2F2N4O/c18-8-4-5-11-15(16(8)19)17(14-9(20)2-1-3-10(14)21)22-6-13-23-12(7-26)24-25(11)13/h1-5,26H,6-7H2. The smallest absolute Gasteiger partial charge is 0.176 e. The van der Waals surface area contributed by atoms with Crippen LogP contribution < -0.4 is 0 Å². The second-order valence-electron chi connectivity index (χ2n) is 5.53. The van der Waals surface area contributed by atoms with Gasteiger partial charge in [0.05, 0.1) is 33.6 Å². The SMILES string of the molecule is OCc1nc2n(n1)-c1ccc(Cl)c(Cl)c1C(c1c(F)cccc1F)=NC2. The minimum absolute atomic E-state index is 0.00125. The Labute approximate surface area is 156 Å². The van der Waals surface area contributed by atoms with Gasteiger partial charge in [-0.1, -0.05) is 29.3 Å². The second kappa shape index (κ2) is 6.42. The molecule has 4 rings (SSSR count). The quantitative estimate of drug-likeness (QED) is 0.720. The predicted octanol–water partition coefficient (Wildman–Crippen LogP) is 3.70. The van der Waals surface area contributed by atoms with Crippen LogP contribution in [0.1, 0.15) is 22.8 Å². The zero-order chi connectivity index (χ0) is 18.4. The summed E-state index contributed by atoms with van der Waals surface area (Å²) < 4.78 is 30.2. The third-order valence-corrected chi connectivity index (χ3v) is 4.78. The van der Waals surface area contributed by atoms with Crippen molar-refractivity contribution in [2.24, 2.45) is 4.99 Å². The summed E-state index contributed by atoms with van der Waals surface area (Å²) in [5.74, 6) is -0.934. The Kier molecular flexibility index (Phi) is 4.22. The molecule has 0 atom stereocenters. The summed E-state index contributed by atoms with van der Waals surface area (Å²) >= 11 is 12.5. The van der Waals surface area contributed by atoms with Gasteiger partial charge in [0.1, 0.15) is 18.2 Å². The van der Waals surface area contributed by atoms with Crippen molar-refractivity contribution in [3.05, 3.63) is 74.8 Å².